The molecule has 70 valence electrons. The van der Waals surface area contributed by atoms with Crippen molar-refractivity contribution in [2.75, 3.05) is 13.7 Å². The fourth-order valence-corrected chi connectivity index (χ4v) is 0.823. The second-order valence-corrected chi connectivity index (χ2v) is 2.05. The van der Waals surface area contributed by atoms with E-state index in [0.717, 1.165) is 0 Å². The van der Waals surface area contributed by atoms with Crippen LogP contribution in [0.2, 0.25) is 0 Å². The monoisotopic (exact) mass is 174 g/mol. The Morgan fingerprint density at radius 1 is 1.42 bits per heavy atom. The number of aliphatic carboxylic acids is 1. The van der Waals surface area contributed by atoms with E-state index < -0.39 is 5.97 Å². The topological polar surface area (TPSA) is 55.8 Å². The molecule has 0 spiro atoms. The Morgan fingerprint density at radius 2 is 2.00 bits per heavy atom. The Kier molecular flexibility index (Phi) is 4.92. The van der Waals surface area contributed by atoms with E-state index in [1.807, 2.05) is 6.92 Å². The van der Waals surface area contributed by atoms with Crippen molar-refractivity contribution in [1.82, 2.24) is 0 Å². The van der Waals surface area contributed by atoms with Crippen LogP contribution in [0.5, 0.6) is 0 Å². The number of methoxy groups -OCH3 is 1. The molecule has 0 radical (unpaired) electrons. The lowest BCUT2D eigenvalue weighted by atomic mass is 10.3. The van der Waals surface area contributed by atoms with Crippen LogP contribution in [-0.4, -0.2) is 24.8 Å². The summed E-state index contributed by atoms with van der Waals surface area (Å²) in [7, 11) is 1.32. The number of hydrogen-bond donors (Lipinski definition) is 1. The summed E-state index contributed by atoms with van der Waals surface area (Å²) in [5.41, 5.74) is 0. The summed E-state index contributed by atoms with van der Waals surface area (Å²) in [5, 5.41) is 8.64. The highest BCUT2D eigenvalue weighted by Gasteiger charge is 2.14. The average Bonchev–Trinajstić information content (AvgIpc) is 2.03. The molecular weight excluding hydrogens is 160 g/mol. The zero-order valence-electron chi connectivity index (χ0n) is 7.59. The standard InChI is InChI=1S/C8H14O4/c1-4-6(12-5-2)7(11-3)8(9)10/h4-5H2,1-3H3,(H,9,10)/b7-6+. The maximum atomic E-state index is 10.5. The highest BCUT2D eigenvalue weighted by molar-refractivity contribution is 5.84. The van der Waals surface area contributed by atoms with Crippen molar-refractivity contribution in [3.8, 4) is 0 Å². The molecule has 0 aliphatic rings. The van der Waals surface area contributed by atoms with E-state index in [1.165, 1.54) is 7.11 Å². The van der Waals surface area contributed by atoms with Crippen LogP contribution in [0.3, 0.4) is 0 Å². The van der Waals surface area contributed by atoms with Crippen LogP contribution in [0.4, 0.5) is 0 Å². The molecule has 0 aromatic rings. The van der Waals surface area contributed by atoms with Gasteiger partial charge in [-0.3, -0.25) is 0 Å². The van der Waals surface area contributed by atoms with Gasteiger partial charge in [-0.05, 0) is 6.92 Å². The van der Waals surface area contributed by atoms with E-state index in [1.54, 1.807) is 6.92 Å². The number of hydrogen-bond acceptors (Lipinski definition) is 3. The molecule has 0 unspecified atom stereocenters. The van der Waals surface area contributed by atoms with Crippen molar-refractivity contribution in [2.45, 2.75) is 20.3 Å². The molecule has 0 heterocycles. The molecule has 0 rings (SSSR count). The van der Waals surface area contributed by atoms with Gasteiger partial charge in [0.25, 0.3) is 0 Å². The van der Waals surface area contributed by atoms with Crippen molar-refractivity contribution in [1.29, 1.82) is 0 Å². The van der Waals surface area contributed by atoms with Crippen molar-refractivity contribution in [3.63, 3.8) is 0 Å². The molecule has 12 heavy (non-hydrogen) atoms. The summed E-state index contributed by atoms with van der Waals surface area (Å²) in [6.07, 6.45) is 0.517. The second-order valence-electron chi connectivity index (χ2n) is 2.05. The number of rotatable bonds is 5. The third-order valence-electron chi connectivity index (χ3n) is 1.29. The van der Waals surface area contributed by atoms with Crippen LogP contribution in [0, 0.1) is 0 Å². The van der Waals surface area contributed by atoms with Crippen LogP contribution in [0.15, 0.2) is 11.5 Å². The Bertz CT molecular complexity index is 183. The lowest BCUT2D eigenvalue weighted by Gasteiger charge is -2.09. The van der Waals surface area contributed by atoms with Crippen LogP contribution in [0.1, 0.15) is 20.3 Å². The predicted molar refractivity (Wildman–Crippen MR) is 43.6 cm³/mol. The minimum atomic E-state index is -1.09. The van der Waals surface area contributed by atoms with Gasteiger partial charge in [-0.15, -0.1) is 0 Å². The van der Waals surface area contributed by atoms with Gasteiger partial charge >= 0.3 is 5.97 Å². The highest BCUT2D eigenvalue weighted by Crippen LogP contribution is 2.11. The van der Waals surface area contributed by atoms with E-state index in [4.69, 9.17) is 9.84 Å². The summed E-state index contributed by atoms with van der Waals surface area (Å²) >= 11 is 0. The van der Waals surface area contributed by atoms with Gasteiger partial charge in [-0.25, -0.2) is 4.79 Å². The zero-order valence-corrected chi connectivity index (χ0v) is 7.59. The van der Waals surface area contributed by atoms with E-state index >= 15 is 0 Å². The number of carbonyl (C=O) groups is 1. The SMILES string of the molecule is CCO/C(CC)=C(/OC)C(=O)O. The first-order valence-corrected chi connectivity index (χ1v) is 3.80. The van der Waals surface area contributed by atoms with Gasteiger partial charge < -0.3 is 14.6 Å². The normalized spacial score (nSPS) is 11.9. The van der Waals surface area contributed by atoms with Gasteiger partial charge in [-0.2, -0.15) is 0 Å². The van der Waals surface area contributed by atoms with E-state index in [-0.39, 0.29) is 5.76 Å². The molecule has 1 N–H and O–H groups in total. The van der Waals surface area contributed by atoms with Crippen molar-refractivity contribution < 1.29 is 19.4 Å². The van der Waals surface area contributed by atoms with E-state index in [2.05, 4.69) is 4.74 Å². The van der Waals surface area contributed by atoms with Crippen molar-refractivity contribution in [3.05, 3.63) is 11.5 Å². The molecule has 4 heteroatoms. The molecule has 0 fully saturated rings. The molecule has 0 saturated carbocycles. The first kappa shape index (κ1) is 10.8. The van der Waals surface area contributed by atoms with Crippen molar-refractivity contribution >= 4 is 5.97 Å². The number of carboxylic acids is 1. The predicted octanol–water partition coefficient (Wildman–Crippen LogP) is 1.38. The molecule has 0 bridgehead atoms. The molecule has 0 saturated heterocycles. The molecule has 4 nitrogen and oxygen atoms in total. The van der Waals surface area contributed by atoms with Gasteiger partial charge in [0.2, 0.25) is 5.76 Å². The van der Waals surface area contributed by atoms with E-state index in [9.17, 15) is 4.79 Å². The van der Waals surface area contributed by atoms with E-state index in [0.29, 0.717) is 18.8 Å². The van der Waals surface area contributed by atoms with Crippen molar-refractivity contribution in [2.24, 2.45) is 0 Å². The third kappa shape index (κ3) is 2.82. The zero-order chi connectivity index (χ0) is 9.56. The maximum absolute atomic E-state index is 10.5. The Labute approximate surface area is 71.8 Å². The number of ether oxygens (including phenoxy) is 2. The number of carboxylic acid groups (broad SMARTS) is 1. The maximum Gasteiger partial charge on any atom is 0.374 e. The summed E-state index contributed by atoms with van der Waals surface area (Å²) in [6, 6.07) is 0. The molecule has 0 aliphatic heterocycles. The second kappa shape index (κ2) is 5.46. The summed E-state index contributed by atoms with van der Waals surface area (Å²) in [4.78, 5) is 10.5. The van der Waals surface area contributed by atoms with Gasteiger partial charge in [0.1, 0.15) is 5.76 Å². The minimum absolute atomic E-state index is 0.112. The van der Waals surface area contributed by atoms with Gasteiger partial charge in [0.15, 0.2) is 0 Å². The smallest absolute Gasteiger partial charge is 0.374 e. The summed E-state index contributed by atoms with van der Waals surface area (Å²) in [5.74, 6) is -0.824. The minimum Gasteiger partial charge on any atom is -0.494 e. The molecule has 0 aliphatic carbocycles. The Hall–Kier alpha value is -1.19. The van der Waals surface area contributed by atoms with Crippen LogP contribution in [0.25, 0.3) is 0 Å². The van der Waals surface area contributed by atoms with Gasteiger partial charge in [0, 0.05) is 6.42 Å². The molecule has 0 amide bonds. The Morgan fingerprint density at radius 3 is 2.25 bits per heavy atom. The van der Waals surface area contributed by atoms with Crippen LogP contribution >= 0.6 is 0 Å². The Balaban J connectivity index is 4.61. The lowest BCUT2D eigenvalue weighted by molar-refractivity contribution is -0.136. The molecule has 0 atom stereocenters. The van der Waals surface area contributed by atoms with Crippen LogP contribution in [-0.2, 0) is 14.3 Å². The summed E-state index contributed by atoms with van der Waals surface area (Å²) in [6.45, 7) is 4.06. The first-order valence-electron chi connectivity index (χ1n) is 3.80. The molecular formula is C8H14O4. The largest absolute Gasteiger partial charge is 0.494 e. The molecule has 0 aromatic heterocycles. The third-order valence-corrected chi connectivity index (χ3v) is 1.29. The van der Waals surface area contributed by atoms with Crippen LogP contribution < -0.4 is 0 Å². The lowest BCUT2D eigenvalue weighted by Crippen LogP contribution is -2.08. The number of allylic oxidation sites excluding steroid dienone is 1. The summed E-state index contributed by atoms with van der Waals surface area (Å²) < 4.78 is 9.75. The highest BCUT2D eigenvalue weighted by atomic mass is 16.5. The molecule has 0 aromatic carbocycles. The first-order chi connectivity index (χ1) is 5.67. The van der Waals surface area contributed by atoms with Gasteiger partial charge in [-0.1, -0.05) is 6.92 Å². The fourth-order valence-electron chi connectivity index (χ4n) is 0.823. The quantitative estimate of drug-likeness (QED) is 0.505. The fraction of sp³-hybridized carbons (Fsp3) is 0.625. The average molecular weight is 174 g/mol. The van der Waals surface area contributed by atoms with Gasteiger partial charge in [0.05, 0.1) is 13.7 Å².